The predicted octanol–water partition coefficient (Wildman–Crippen LogP) is 2.65. The van der Waals surface area contributed by atoms with E-state index in [0.29, 0.717) is 16.7 Å². The first-order chi connectivity index (χ1) is 8.49. The van der Waals surface area contributed by atoms with Crippen molar-refractivity contribution in [3.05, 3.63) is 58.5 Å². The maximum Gasteiger partial charge on any atom is 0.197 e. The maximum absolute atomic E-state index is 13.2. The molecule has 1 aromatic heterocycles. The highest BCUT2D eigenvalue weighted by Gasteiger charge is 2.16. The van der Waals surface area contributed by atoms with E-state index >= 15 is 0 Å². The number of hydrogen-bond acceptors (Lipinski definition) is 3. The summed E-state index contributed by atoms with van der Waals surface area (Å²) < 4.78 is 13.2. The van der Waals surface area contributed by atoms with Gasteiger partial charge in [0.1, 0.15) is 11.6 Å². The lowest BCUT2D eigenvalue weighted by Gasteiger charge is -2.07. The number of aromatic nitrogens is 1. The minimum Gasteiger partial charge on any atom is -0.383 e. The number of ketones is 1. The second-order valence-electron chi connectivity index (χ2n) is 4.23. The van der Waals surface area contributed by atoms with Crippen LogP contribution in [0.5, 0.6) is 0 Å². The Labute approximate surface area is 104 Å². The van der Waals surface area contributed by atoms with Gasteiger partial charge in [0.25, 0.3) is 0 Å². The highest BCUT2D eigenvalue weighted by Crippen LogP contribution is 2.19. The number of pyridine rings is 1. The average molecular weight is 244 g/mol. The summed E-state index contributed by atoms with van der Waals surface area (Å²) in [6, 6.07) is 5.78. The van der Waals surface area contributed by atoms with Crippen LogP contribution < -0.4 is 5.73 Å². The van der Waals surface area contributed by atoms with Crippen LogP contribution in [0.3, 0.4) is 0 Å². The molecule has 0 aliphatic rings. The highest BCUT2D eigenvalue weighted by molar-refractivity contribution is 6.12. The molecule has 0 amide bonds. The molecular weight excluding hydrogens is 231 g/mol. The molecule has 0 aliphatic heterocycles. The molecule has 1 heterocycles. The van der Waals surface area contributed by atoms with E-state index in [9.17, 15) is 9.18 Å². The molecule has 0 radical (unpaired) electrons. The van der Waals surface area contributed by atoms with Crippen molar-refractivity contribution in [2.24, 2.45) is 0 Å². The van der Waals surface area contributed by atoms with Gasteiger partial charge in [0, 0.05) is 11.8 Å². The van der Waals surface area contributed by atoms with Crippen molar-refractivity contribution in [2.45, 2.75) is 13.8 Å². The molecule has 0 saturated heterocycles. The number of nitrogen functional groups attached to an aromatic ring is 1. The molecule has 0 unspecified atom stereocenters. The third-order valence-corrected chi connectivity index (χ3v) is 2.74. The van der Waals surface area contributed by atoms with Crippen molar-refractivity contribution in [3.63, 3.8) is 0 Å². The number of rotatable bonds is 2. The van der Waals surface area contributed by atoms with Crippen molar-refractivity contribution in [3.8, 4) is 0 Å². The molecule has 0 bridgehead atoms. The van der Waals surface area contributed by atoms with Crippen molar-refractivity contribution >= 4 is 11.6 Å². The van der Waals surface area contributed by atoms with Gasteiger partial charge in [-0.2, -0.15) is 0 Å². The molecule has 92 valence electrons. The Morgan fingerprint density at radius 2 is 1.94 bits per heavy atom. The first kappa shape index (κ1) is 12.2. The maximum atomic E-state index is 13.2. The average Bonchev–Trinajstić information content (AvgIpc) is 2.34. The second kappa shape index (κ2) is 4.56. The molecule has 0 saturated carbocycles. The van der Waals surface area contributed by atoms with Crippen LogP contribution in [0.2, 0.25) is 0 Å². The van der Waals surface area contributed by atoms with Gasteiger partial charge in [-0.15, -0.1) is 0 Å². The fraction of sp³-hybridized carbons (Fsp3) is 0.143. The van der Waals surface area contributed by atoms with Crippen LogP contribution >= 0.6 is 0 Å². The van der Waals surface area contributed by atoms with E-state index in [2.05, 4.69) is 4.98 Å². The van der Waals surface area contributed by atoms with Gasteiger partial charge in [-0.1, -0.05) is 6.07 Å². The highest BCUT2D eigenvalue weighted by atomic mass is 19.1. The van der Waals surface area contributed by atoms with Crippen LogP contribution in [0.4, 0.5) is 10.2 Å². The summed E-state index contributed by atoms with van der Waals surface area (Å²) in [6.45, 7) is 3.58. The molecule has 4 heteroatoms. The summed E-state index contributed by atoms with van der Waals surface area (Å²) in [7, 11) is 0. The van der Waals surface area contributed by atoms with Gasteiger partial charge in [-0.3, -0.25) is 4.79 Å². The Balaban J connectivity index is 2.54. The smallest absolute Gasteiger partial charge is 0.197 e. The Bertz CT molecular complexity index is 570. The monoisotopic (exact) mass is 244 g/mol. The largest absolute Gasteiger partial charge is 0.383 e. The minimum atomic E-state index is -0.442. The second-order valence-corrected chi connectivity index (χ2v) is 4.23. The summed E-state index contributed by atoms with van der Waals surface area (Å²) in [5, 5.41) is 0. The molecule has 0 spiro atoms. The number of benzene rings is 1. The van der Waals surface area contributed by atoms with Gasteiger partial charge in [0.15, 0.2) is 5.78 Å². The molecule has 3 nitrogen and oxygen atoms in total. The van der Waals surface area contributed by atoms with E-state index in [1.54, 1.807) is 25.3 Å². The Kier molecular flexibility index (Phi) is 3.10. The normalized spacial score (nSPS) is 10.4. The zero-order chi connectivity index (χ0) is 13.3. The van der Waals surface area contributed by atoms with Crippen LogP contribution in [0.1, 0.15) is 27.0 Å². The van der Waals surface area contributed by atoms with Crippen molar-refractivity contribution in [2.75, 3.05) is 5.73 Å². The fourth-order valence-electron chi connectivity index (χ4n) is 1.75. The Morgan fingerprint density at radius 3 is 2.67 bits per heavy atom. The van der Waals surface area contributed by atoms with Gasteiger partial charge >= 0.3 is 0 Å². The topological polar surface area (TPSA) is 56.0 Å². The van der Waals surface area contributed by atoms with Crippen LogP contribution in [0.25, 0.3) is 0 Å². The lowest BCUT2D eigenvalue weighted by atomic mass is 9.98. The molecule has 0 aliphatic carbocycles. The van der Waals surface area contributed by atoms with Crippen LogP contribution in [-0.4, -0.2) is 10.8 Å². The number of carbonyl (C=O) groups is 1. The van der Waals surface area contributed by atoms with Gasteiger partial charge in [0.05, 0.1) is 5.56 Å². The van der Waals surface area contributed by atoms with Crippen LogP contribution in [0, 0.1) is 19.7 Å². The van der Waals surface area contributed by atoms with Gasteiger partial charge in [-0.05, 0) is 43.2 Å². The molecule has 2 aromatic rings. The van der Waals surface area contributed by atoms with E-state index in [-0.39, 0.29) is 11.6 Å². The van der Waals surface area contributed by atoms with Gasteiger partial charge < -0.3 is 5.73 Å². The van der Waals surface area contributed by atoms with E-state index in [4.69, 9.17) is 5.73 Å². The molecule has 2 rings (SSSR count). The predicted molar refractivity (Wildman–Crippen MR) is 68.0 cm³/mol. The molecule has 1 aromatic carbocycles. The zero-order valence-corrected chi connectivity index (χ0v) is 10.2. The zero-order valence-electron chi connectivity index (χ0n) is 10.2. The lowest BCUT2D eigenvalue weighted by Crippen LogP contribution is -2.09. The quantitative estimate of drug-likeness (QED) is 0.826. The standard InChI is InChI=1S/C14H13FN2O/c1-8-5-12(14(16)17-7-8)13(18)11-6-10(15)4-3-9(11)2/h3-7H,1-2H3,(H2,16,17). The SMILES string of the molecule is Cc1cnc(N)c(C(=O)c2cc(F)ccc2C)c1. The first-order valence-electron chi connectivity index (χ1n) is 5.52. The van der Waals surface area contributed by atoms with E-state index < -0.39 is 5.82 Å². The van der Waals surface area contributed by atoms with Crippen molar-refractivity contribution < 1.29 is 9.18 Å². The summed E-state index contributed by atoms with van der Waals surface area (Å²) in [5.41, 5.74) is 7.86. The summed E-state index contributed by atoms with van der Waals surface area (Å²) in [5.74, 6) is -0.585. The van der Waals surface area contributed by atoms with Crippen molar-refractivity contribution in [1.82, 2.24) is 4.98 Å². The van der Waals surface area contributed by atoms with Gasteiger partial charge in [0.2, 0.25) is 0 Å². The van der Waals surface area contributed by atoms with Crippen molar-refractivity contribution in [1.29, 1.82) is 0 Å². The molecular formula is C14H13FN2O. The van der Waals surface area contributed by atoms with E-state index in [1.165, 1.54) is 12.1 Å². The van der Waals surface area contributed by atoms with Gasteiger partial charge in [-0.25, -0.2) is 9.37 Å². The number of aryl methyl sites for hydroxylation is 2. The minimum absolute atomic E-state index is 0.161. The Morgan fingerprint density at radius 1 is 1.22 bits per heavy atom. The number of nitrogens with zero attached hydrogens (tertiary/aromatic N) is 1. The number of halogens is 1. The van der Waals surface area contributed by atoms with E-state index in [1.807, 2.05) is 6.92 Å². The molecule has 18 heavy (non-hydrogen) atoms. The lowest BCUT2D eigenvalue weighted by molar-refractivity contribution is 0.103. The number of carbonyl (C=O) groups excluding carboxylic acids is 1. The summed E-state index contributed by atoms with van der Waals surface area (Å²) in [6.07, 6.45) is 1.59. The van der Waals surface area contributed by atoms with Crippen LogP contribution in [-0.2, 0) is 0 Å². The summed E-state index contributed by atoms with van der Waals surface area (Å²) in [4.78, 5) is 16.2. The number of nitrogens with two attached hydrogens (primary N) is 1. The first-order valence-corrected chi connectivity index (χ1v) is 5.52. The third-order valence-electron chi connectivity index (χ3n) is 2.74. The van der Waals surface area contributed by atoms with Crippen LogP contribution in [0.15, 0.2) is 30.5 Å². The summed E-state index contributed by atoms with van der Waals surface area (Å²) >= 11 is 0. The molecule has 2 N–H and O–H groups in total. The number of anilines is 1. The third kappa shape index (κ3) is 2.22. The molecule has 0 fully saturated rings. The number of hydrogen-bond donors (Lipinski definition) is 1. The van der Waals surface area contributed by atoms with E-state index in [0.717, 1.165) is 5.56 Å². The Hall–Kier alpha value is -2.23. The fourth-order valence-corrected chi connectivity index (χ4v) is 1.75. The molecule has 0 atom stereocenters.